The number of aromatic nitrogens is 3. The number of nitrogens with zero attached hydrogens (tertiary/aromatic N) is 3. The van der Waals surface area contributed by atoms with E-state index < -0.39 is 0 Å². The summed E-state index contributed by atoms with van der Waals surface area (Å²) in [5.41, 5.74) is 2.02. The molecule has 1 aromatic heterocycles. The predicted molar refractivity (Wildman–Crippen MR) is 76.2 cm³/mol. The molecule has 0 amide bonds. The Morgan fingerprint density at radius 2 is 1.94 bits per heavy atom. The van der Waals surface area contributed by atoms with Crippen LogP contribution in [0, 0.1) is 0 Å². The van der Waals surface area contributed by atoms with Gasteiger partial charge in [-0.3, -0.25) is 0 Å². The molecule has 0 aliphatic rings. The highest BCUT2D eigenvalue weighted by Crippen LogP contribution is 2.10. The largest absolute Gasteiger partial charge is 0.220 e. The molecule has 0 fully saturated rings. The van der Waals surface area contributed by atoms with Gasteiger partial charge in [-0.2, -0.15) is 0 Å². The fourth-order valence-electron chi connectivity index (χ4n) is 2.04. The van der Waals surface area contributed by atoms with E-state index in [1.807, 2.05) is 35.1 Å². The number of fused-ring (bicyclic) bond motifs is 1. The molecule has 3 heteroatoms. The van der Waals surface area contributed by atoms with E-state index in [1.165, 1.54) is 32.1 Å². The van der Waals surface area contributed by atoms with E-state index in [9.17, 15) is 0 Å². The molecular formula is C15H21N3. The maximum atomic E-state index is 4.12. The fraction of sp³-hybridized carbons (Fsp3) is 0.467. The van der Waals surface area contributed by atoms with Crippen molar-refractivity contribution in [2.75, 3.05) is 0 Å². The number of hydrogen-bond acceptors (Lipinski definition) is 2. The molecular weight excluding hydrogens is 222 g/mol. The van der Waals surface area contributed by atoms with Crippen molar-refractivity contribution in [3.05, 3.63) is 30.3 Å². The first-order valence-corrected chi connectivity index (χ1v) is 6.88. The van der Waals surface area contributed by atoms with Crippen molar-refractivity contribution >= 4 is 17.2 Å². The number of hydrogen-bond donors (Lipinski definition) is 0. The van der Waals surface area contributed by atoms with Crippen molar-refractivity contribution in [2.24, 2.45) is 0 Å². The second-order valence-electron chi connectivity index (χ2n) is 4.61. The summed E-state index contributed by atoms with van der Waals surface area (Å²) in [5, 5.41) is 8.24. The molecule has 0 saturated carbocycles. The molecule has 96 valence electrons. The van der Waals surface area contributed by atoms with E-state index in [0.29, 0.717) is 0 Å². The zero-order valence-corrected chi connectivity index (χ0v) is 11.0. The first-order valence-electron chi connectivity index (χ1n) is 6.88. The van der Waals surface area contributed by atoms with Crippen LogP contribution in [-0.2, 0) is 0 Å². The van der Waals surface area contributed by atoms with E-state index >= 15 is 0 Å². The third kappa shape index (κ3) is 3.42. The quantitative estimate of drug-likeness (QED) is 0.680. The van der Waals surface area contributed by atoms with Crippen LogP contribution in [0.1, 0.15) is 45.4 Å². The highest BCUT2D eigenvalue weighted by Gasteiger charge is 1.98. The van der Waals surface area contributed by atoms with E-state index in [-0.39, 0.29) is 0 Å². The standard InChI is InChI=1S/C15H21N3/c1-2-3-4-5-6-7-10-13-18-15-12-9-8-11-14(15)16-17-18/h8-13H,2-7H2,1H3/b13-10+. The topological polar surface area (TPSA) is 30.7 Å². The SMILES string of the molecule is CCCCCCC/C=C/n1nnc2ccccc21. The summed E-state index contributed by atoms with van der Waals surface area (Å²) in [6, 6.07) is 8.03. The molecule has 0 unspecified atom stereocenters. The maximum absolute atomic E-state index is 4.12. The van der Waals surface area contributed by atoms with E-state index in [0.717, 1.165) is 17.5 Å². The molecule has 0 aliphatic heterocycles. The third-order valence-electron chi connectivity index (χ3n) is 3.10. The Labute approximate surface area is 109 Å². The van der Waals surface area contributed by atoms with Crippen LogP contribution in [0.25, 0.3) is 17.2 Å². The minimum absolute atomic E-state index is 0.949. The van der Waals surface area contributed by atoms with Crippen LogP contribution in [0.15, 0.2) is 30.3 Å². The van der Waals surface area contributed by atoms with Gasteiger partial charge in [-0.25, -0.2) is 4.68 Å². The minimum atomic E-state index is 0.949. The van der Waals surface area contributed by atoms with Gasteiger partial charge >= 0.3 is 0 Å². The number of unbranched alkanes of at least 4 members (excludes halogenated alkanes) is 5. The number of allylic oxidation sites excluding steroid dienone is 1. The molecule has 0 saturated heterocycles. The van der Waals surface area contributed by atoms with Crippen LogP contribution < -0.4 is 0 Å². The molecule has 2 aromatic rings. The Morgan fingerprint density at radius 3 is 2.83 bits per heavy atom. The molecule has 0 radical (unpaired) electrons. The lowest BCUT2D eigenvalue weighted by Gasteiger charge is -1.96. The Morgan fingerprint density at radius 1 is 1.11 bits per heavy atom. The van der Waals surface area contributed by atoms with Crippen LogP contribution in [0.5, 0.6) is 0 Å². The van der Waals surface area contributed by atoms with Gasteiger partial charge in [0.2, 0.25) is 0 Å². The van der Waals surface area contributed by atoms with Gasteiger partial charge in [-0.15, -0.1) is 5.10 Å². The van der Waals surface area contributed by atoms with Gasteiger partial charge in [0.1, 0.15) is 5.52 Å². The number of benzene rings is 1. The van der Waals surface area contributed by atoms with Crippen LogP contribution in [-0.4, -0.2) is 15.0 Å². The van der Waals surface area contributed by atoms with Crippen molar-refractivity contribution in [2.45, 2.75) is 45.4 Å². The minimum Gasteiger partial charge on any atom is -0.220 e. The third-order valence-corrected chi connectivity index (χ3v) is 3.10. The molecule has 1 heterocycles. The zero-order valence-electron chi connectivity index (χ0n) is 11.0. The van der Waals surface area contributed by atoms with Crippen molar-refractivity contribution < 1.29 is 0 Å². The molecule has 0 aliphatic carbocycles. The maximum Gasteiger partial charge on any atom is 0.113 e. The van der Waals surface area contributed by atoms with Crippen LogP contribution >= 0.6 is 0 Å². The Kier molecular flexibility index (Phi) is 4.94. The van der Waals surface area contributed by atoms with Crippen LogP contribution in [0.3, 0.4) is 0 Å². The van der Waals surface area contributed by atoms with E-state index in [2.05, 4.69) is 23.3 Å². The fourth-order valence-corrected chi connectivity index (χ4v) is 2.04. The smallest absolute Gasteiger partial charge is 0.113 e. The Hall–Kier alpha value is -1.64. The zero-order chi connectivity index (χ0) is 12.6. The van der Waals surface area contributed by atoms with Gasteiger partial charge in [-0.1, -0.05) is 56.0 Å². The van der Waals surface area contributed by atoms with Crippen molar-refractivity contribution in [1.29, 1.82) is 0 Å². The lowest BCUT2D eigenvalue weighted by molar-refractivity contribution is 0.637. The van der Waals surface area contributed by atoms with Crippen molar-refractivity contribution in [1.82, 2.24) is 15.0 Å². The summed E-state index contributed by atoms with van der Waals surface area (Å²) in [4.78, 5) is 0. The average Bonchev–Trinajstić information content (AvgIpc) is 2.81. The van der Waals surface area contributed by atoms with Crippen LogP contribution in [0.2, 0.25) is 0 Å². The summed E-state index contributed by atoms with van der Waals surface area (Å²) in [6.45, 7) is 2.25. The lowest BCUT2D eigenvalue weighted by atomic mass is 10.1. The Bertz CT molecular complexity index is 499. The van der Waals surface area contributed by atoms with Gasteiger partial charge in [-0.05, 0) is 25.0 Å². The van der Waals surface area contributed by atoms with Crippen molar-refractivity contribution in [3.8, 4) is 0 Å². The highest BCUT2D eigenvalue weighted by atomic mass is 15.4. The molecule has 0 bridgehead atoms. The van der Waals surface area contributed by atoms with Crippen LogP contribution in [0.4, 0.5) is 0 Å². The highest BCUT2D eigenvalue weighted by molar-refractivity contribution is 5.75. The average molecular weight is 243 g/mol. The molecule has 1 aromatic carbocycles. The van der Waals surface area contributed by atoms with Gasteiger partial charge in [0.05, 0.1) is 5.52 Å². The predicted octanol–water partition coefficient (Wildman–Crippen LogP) is 4.26. The molecule has 3 nitrogen and oxygen atoms in total. The second kappa shape index (κ2) is 6.94. The van der Waals surface area contributed by atoms with E-state index in [4.69, 9.17) is 0 Å². The molecule has 0 spiro atoms. The second-order valence-corrected chi connectivity index (χ2v) is 4.61. The number of rotatable bonds is 7. The molecule has 2 rings (SSSR count). The van der Waals surface area contributed by atoms with E-state index in [1.54, 1.807) is 0 Å². The first-order chi connectivity index (χ1) is 8.92. The normalized spacial score (nSPS) is 11.6. The Balaban J connectivity index is 1.82. The molecule has 18 heavy (non-hydrogen) atoms. The summed E-state index contributed by atoms with van der Waals surface area (Å²) in [6.07, 6.45) is 12.0. The summed E-state index contributed by atoms with van der Waals surface area (Å²) >= 11 is 0. The summed E-state index contributed by atoms with van der Waals surface area (Å²) in [7, 11) is 0. The summed E-state index contributed by atoms with van der Waals surface area (Å²) in [5.74, 6) is 0. The monoisotopic (exact) mass is 243 g/mol. The lowest BCUT2D eigenvalue weighted by Crippen LogP contribution is -1.88. The molecule has 0 N–H and O–H groups in total. The van der Waals surface area contributed by atoms with Crippen molar-refractivity contribution in [3.63, 3.8) is 0 Å². The van der Waals surface area contributed by atoms with Gasteiger partial charge in [0.25, 0.3) is 0 Å². The summed E-state index contributed by atoms with van der Waals surface area (Å²) < 4.78 is 1.85. The molecule has 0 atom stereocenters. The van der Waals surface area contributed by atoms with Gasteiger partial charge in [0, 0.05) is 6.20 Å². The first kappa shape index (κ1) is 12.8. The van der Waals surface area contributed by atoms with Gasteiger partial charge in [0.15, 0.2) is 0 Å². The number of para-hydroxylation sites is 1. The van der Waals surface area contributed by atoms with Gasteiger partial charge < -0.3 is 0 Å².